The van der Waals surface area contributed by atoms with Gasteiger partial charge in [-0.2, -0.15) is 11.8 Å². The highest BCUT2D eigenvalue weighted by Gasteiger charge is 2.18. The van der Waals surface area contributed by atoms with E-state index in [0.717, 1.165) is 22.8 Å². The van der Waals surface area contributed by atoms with E-state index >= 15 is 0 Å². The van der Waals surface area contributed by atoms with Gasteiger partial charge in [0.1, 0.15) is 5.82 Å². The van der Waals surface area contributed by atoms with Crippen LogP contribution in [-0.2, 0) is 5.75 Å². The number of aryl methyl sites for hydroxylation is 1. The highest BCUT2D eigenvalue weighted by atomic mass is 32.2. The van der Waals surface area contributed by atoms with E-state index in [9.17, 15) is 4.79 Å². The average molecular weight is 208 g/mol. The smallest absolute Gasteiger partial charge is 0.255 e. The molecule has 2 rings (SSSR count). The average Bonchev–Trinajstić information content (AvgIpc) is 2.17. The number of aromatic amines is 1. The lowest BCUT2D eigenvalue weighted by molar-refractivity contribution is 0.967. The fraction of sp³-hybridized carbons (Fsp3) is 0.400. The van der Waals surface area contributed by atoms with Gasteiger partial charge in [0.05, 0.1) is 11.3 Å². The van der Waals surface area contributed by atoms with Crippen molar-refractivity contribution in [2.24, 2.45) is 0 Å². The molecular formula is C10H12N2OS. The van der Waals surface area contributed by atoms with E-state index < -0.39 is 0 Å². The lowest BCUT2D eigenvalue weighted by Gasteiger charge is -2.16. The van der Waals surface area contributed by atoms with Gasteiger partial charge in [0.25, 0.3) is 5.56 Å². The fourth-order valence-electron chi connectivity index (χ4n) is 1.56. The molecule has 4 heteroatoms. The first-order chi connectivity index (χ1) is 6.72. The first-order valence-corrected chi connectivity index (χ1v) is 5.71. The lowest BCUT2D eigenvalue weighted by atomic mass is 10.1. The zero-order valence-corrected chi connectivity index (χ0v) is 9.07. The molecule has 1 aliphatic rings. The Morgan fingerprint density at radius 1 is 1.50 bits per heavy atom. The third-order valence-corrected chi connectivity index (χ3v) is 3.30. The molecule has 0 unspecified atom stereocenters. The Hall–Kier alpha value is -1.03. The number of rotatable bonds is 0. The Kier molecular flexibility index (Phi) is 2.46. The van der Waals surface area contributed by atoms with Crippen LogP contribution in [0.5, 0.6) is 0 Å². The van der Waals surface area contributed by atoms with E-state index in [4.69, 9.17) is 0 Å². The van der Waals surface area contributed by atoms with E-state index in [2.05, 4.69) is 9.97 Å². The molecule has 0 fully saturated rings. The van der Waals surface area contributed by atoms with E-state index in [1.54, 1.807) is 11.8 Å². The number of hydrogen-bond acceptors (Lipinski definition) is 3. The van der Waals surface area contributed by atoms with Gasteiger partial charge in [0.2, 0.25) is 0 Å². The molecule has 0 bridgehead atoms. The van der Waals surface area contributed by atoms with Gasteiger partial charge in [-0.3, -0.25) is 4.79 Å². The van der Waals surface area contributed by atoms with Crippen molar-refractivity contribution >= 4 is 17.3 Å². The molecule has 0 aliphatic carbocycles. The third-order valence-electron chi connectivity index (χ3n) is 2.29. The van der Waals surface area contributed by atoms with E-state index in [-0.39, 0.29) is 5.56 Å². The molecule has 0 atom stereocenters. The molecular weight excluding hydrogens is 196 g/mol. The second-order valence-corrected chi connectivity index (χ2v) is 4.27. The molecule has 0 saturated heterocycles. The molecule has 1 N–H and O–H groups in total. The van der Waals surface area contributed by atoms with Crippen LogP contribution in [0, 0.1) is 6.92 Å². The minimum atomic E-state index is 0.0130. The maximum atomic E-state index is 11.6. The standard InChI is InChI=1S/C10H12N2OS/c1-3-7-4-14-5-8-9(7)11-6(2)12-10(8)13/h3H,4-5H2,1-2H3,(H,11,12,13)/b7-3-. The van der Waals surface area contributed by atoms with Crippen LogP contribution >= 0.6 is 11.8 Å². The van der Waals surface area contributed by atoms with Crippen molar-refractivity contribution in [3.05, 3.63) is 33.5 Å². The molecule has 74 valence electrons. The Morgan fingerprint density at radius 2 is 2.29 bits per heavy atom. The summed E-state index contributed by atoms with van der Waals surface area (Å²) in [4.78, 5) is 18.7. The Bertz CT molecular complexity index is 448. The van der Waals surface area contributed by atoms with Gasteiger partial charge in [-0.15, -0.1) is 0 Å². The normalized spacial score (nSPS) is 18.3. The molecule has 2 heterocycles. The lowest BCUT2D eigenvalue weighted by Crippen LogP contribution is -2.21. The summed E-state index contributed by atoms with van der Waals surface area (Å²) in [5, 5.41) is 0. The molecule has 0 spiro atoms. The second-order valence-electron chi connectivity index (χ2n) is 3.29. The highest BCUT2D eigenvalue weighted by molar-refractivity contribution is 7.99. The topological polar surface area (TPSA) is 45.8 Å². The zero-order valence-electron chi connectivity index (χ0n) is 8.26. The summed E-state index contributed by atoms with van der Waals surface area (Å²) < 4.78 is 0. The van der Waals surface area contributed by atoms with Crippen molar-refractivity contribution in [2.75, 3.05) is 5.75 Å². The van der Waals surface area contributed by atoms with Crippen molar-refractivity contribution in [3.63, 3.8) is 0 Å². The maximum Gasteiger partial charge on any atom is 0.255 e. The summed E-state index contributed by atoms with van der Waals surface area (Å²) in [6, 6.07) is 0. The van der Waals surface area contributed by atoms with Gasteiger partial charge < -0.3 is 4.98 Å². The first-order valence-electron chi connectivity index (χ1n) is 4.55. The maximum absolute atomic E-state index is 11.6. The van der Waals surface area contributed by atoms with Crippen molar-refractivity contribution < 1.29 is 0 Å². The van der Waals surface area contributed by atoms with Crippen LogP contribution in [0.3, 0.4) is 0 Å². The summed E-state index contributed by atoms with van der Waals surface area (Å²) in [5.41, 5.74) is 2.90. The van der Waals surface area contributed by atoms with Crippen LogP contribution in [-0.4, -0.2) is 15.7 Å². The SMILES string of the molecule is C/C=C1/CSCc2c1nc(C)[nH]c2=O. The number of nitrogens with zero attached hydrogens (tertiary/aromatic N) is 1. The fourth-order valence-corrected chi connectivity index (χ4v) is 2.66. The number of thioether (sulfide) groups is 1. The number of hydrogen-bond donors (Lipinski definition) is 1. The number of aromatic nitrogens is 2. The van der Waals surface area contributed by atoms with E-state index in [0.29, 0.717) is 5.82 Å². The van der Waals surface area contributed by atoms with E-state index in [1.165, 1.54) is 5.57 Å². The minimum absolute atomic E-state index is 0.0130. The second kappa shape index (κ2) is 3.61. The van der Waals surface area contributed by atoms with Gasteiger partial charge in [-0.05, 0) is 19.4 Å². The number of nitrogens with one attached hydrogen (secondary N) is 1. The molecule has 0 aromatic carbocycles. The van der Waals surface area contributed by atoms with Gasteiger partial charge in [0, 0.05) is 11.5 Å². The quantitative estimate of drug-likeness (QED) is 0.706. The highest BCUT2D eigenvalue weighted by Crippen LogP contribution is 2.28. The molecule has 14 heavy (non-hydrogen) atoms. The Morgan fingerprint density at radius 3 is 3.00 bits per heavy atom. The van der Waals surface area contributed by atoms with Crippen molar-refractivity contribution in [1.29, 1.82) is 0 Å². The predicted molar refractivity (Wildman–Crippen MR) is 59.4 cm³/mol. The van der Waals surface area contributed by atoms with Crippen molar-refractivity contribution in [2.45, 2.75) is 19.6 Å². The van der Waals surface area contributed by atoms with E-state index in [1.807, 2.05) is 19.9 Å². The molecule has 0 saturated carbocycles. The molecule has 1 aromatic heterocycles. The van der Waals surface area contributed by atoms with Crippen LogP contribution in [0.1, 0.15) is 24.0 Å². The summed E-state index contributed by atoms with van der Waals surface area (Å²) in [6.07, 6.45) is 2.04. The van der Waals surface area contributed by atoms with Crippen LogP contribution in [0.15, 0.2) is 10.9 Å². The van der Waals surface area contributed by atoms with Crippen molar-refractivity contribution in [1.82, 2.24) is 9.97 Å². The van der Waals surface area contributed by atoms with Gasteiger partial charge in [0.15, 0.2) is 0 Å². The van der Waals surface area contributed by atoms with Crippen LogP contribution in [0.25, 0.3) is 5.57 Å². The third kappa shape index (κ3) is 1.50. The summed E-state index contributed by atoms with van der Waals surface area (Å²) in [6.45, 7) is 3.81. The summed E-state index contributed by atoms with van der Waals surface area (Å²) in [7, 11) is 0. The van der Waals surface area contributed by atoms with Gasteiger partial charge in [-0.25, -0.2) is 4.98 Å². The molecule has 1 aliphatic heterocycles. The van der Waals surface area contributed by atoms with Gasteiger partial charge in [-0.1, -0.05) is 6.08 Å². The first kappa shape index (κ1) is 9.52. The van der Waals surface area contributed by atoms with Crippen LogP contribution in [0.4, 0.5) is 0 Å². The van der Waals surface area contributed by atoms with Crippen molar-refractivity contribution in [3.8, 4) is 0 Å². The largest absolute Gasteiger partial charge is 0.310 e. The molecule has 1 aromatic rings. The predicted octanol–water partition coefficient (Wildman–Crippen LogP) is 1.73. The Balaban J connectivity index is 2.69. The molecule has 0 radical (unpaired) electrons. The zero-order chi connectivity index (χ0) is 10.1. The molecule has 3 nitrogen and oxygen atoms in total. The van der Waals surface area contributed by atoms with Crippen LogP contribution < -0.4 is 5.56 Å². The monoisotopic (exact) mass is 208 g/mol. The Labute approximate surface area is 86.6 Å². The number of fused-ring (bicyclic) bond motifs is 1. The van der Waals surface area contributed by atoms with Crippen LogP contribution in [0.2, 0.25) is 0 Å². The van der Waals surface area contributed by atoms with Gasteiger partial charge >= 0.3 is 0 Å². The molecule has 0 amide bonds. The summed E-state index contributed by atoms with van der Waals surface area (Å²) in [5.74, 6) is 2.43. The number of allylic oxidation sites excluding steroid dienone is 1. The summed E-state index contributed by atoms with van der Waals surface area (Å²) >= 11 is 1.76. The minimum Gasteiger partial charge on any atom is -0.310 e. The number of H-pyrrole nitrogens is 1.